The fourth-order valence-corrected chi connectivity index (χ4v) is 2.26. The number of carbonyl (C=O) groups is 1. The number of benzene rings is 1. The van der Waals surface area contributed by atoms with Crippen LogP contribution in [-0.4, -0.2) is 30.1 Å². The number of esters is 1. The van der Waals surface area contributed by atoms with Crippen molar-refractivity contribution < 1.29 is 13.9 Å². The Labute approximate surface area is 118 Å². The van der Waals surface area contributed by atoms with Gasteiger partial charge in [0.15, 0.2) is 0 Å². The predicted molar refractivity (Wildman–Crippen MR) is 74.4 cm³/mol. The van der Waals surface area contributed by atoms with Crippen molar-refractivity contribution in [3.63, 3.8) is 0 Å². The first kappa shape index (κ1) is 14.9. The molecule has 0 spiro atoms. The molecule has 110 valence electrons. The molecule has 0 aliphatic heterocycles. The molecule has 1 aromatic rings. The van der Waals surface area contributed by atoms with Gasteiger partial charge >= 0.3 is 5.97 Å². The first-order valence-corrected chi connectivity index (χ1v) is 7.01. The number of hydrogen-bond acceptors (Lipinski definition) is 4. The Morgan fingerprint density at radius 3 is 2.75 bits per heavy atom. The van der Waals surface area contributed by atoms with Gasteiger partial charge in [0.25, 0.3) is 0 Å². The Balaban J connectivity index is 2.06. The maximum Gasteiger partial charge on any atom is 0.320 e. The van der Waals surface area contributed by atoms with Crippen molar-refractivity contribution in [1.82, 2.24) is 4.90 Å². The quantitative estimate of drug-likeness (QED) is 0.774. The van der Waals surface area contributed by atoms with Crippen LogP contribution in [0.2, 0.25) is 0 Å². The molecule has 2 N–H and O–H groups in total. The highest BCUT2D eigenvalue weighted by atomic mass is 19.1. The summed E-state index contributed by atoms with van der Waals surface area (Å²) in [6.45, 7) is 2.97. The molecule has 0 heterocycles. The third-order valence-corrected chi connectivity index (χ3v) is 3.45. The monoisotopic (exact) mass is 280 g/mol. The summed E-state index contributed by atoms with van der Waals surface area (Å²) in [7, 11) is 0. The zero-order valence-electron chi connectivity index (χ0n) is 11.8. The molecule has 4 nitrogen and oxygen atoms in total. The van der Waals surface area contributed by atoms with Crippen molar-refractivity contribution in [2.45, 2.75) is 38.9 Å². The van der Waals surface area contributed by atoms with E-state index in [9.17, 15) is 9.18 Å². The van der Waals surface area contributed by atoms with E-state index in [0.717, 1.165) is 12.8 Å². The van der Waals surface area contributed by atoms with E-state index in [2.05, 4.69) is 0 Å². The van der Waals surface area contributed by atoms with Gasteiger partial charge in [-0.25, -0.2) is 4.39 Å². The average Bonchev–Trinajstić information content (AvgIpc) is 3.25. The van der Waals surface area contributed by atoms with Gasteiger partial charge in [0.2, 0.25) is 0 Å². The van der Waals surface area contributed by atoms with Gasteiger partial charge in [0, 0.05) is 30.3 Å². The Morgan fingerprint density at radius 2 is 2.15 bits per heavy atom. The summed E-state index contributed by atoms with van der Waals surface area (Å²) >= 11 is 0. The Bertz CT molecular complexity index is 475. The normalized spacial score (nSPS) is 14.6. The van der Waals surface area contributed by atoms with Crippen molar-refractivity contribution in [3.05, 3.63) is 35.1 Å². The van der Waals surface area contributed by atoms with Gasteiger partial charge in [-0.1, -0.05) is 18.2 Å². The number of nitrogens with zero attached hydrogens (tertiary/aromatic N) is 1. The van der Waals surface area contributed by atoms with Crippen LogP contribution in [0.25, 0.3) is 0 Å². The Hall–Kier alpha value is -1.46. The second kappa shape index (κ2) is 6.81. The first-order chi connectivity index (χ1) is 9.65. The number of ether oxygens (including phenoxy) is 1. The number of rotatable bonds is 7. The van der Waals surface area contributed by atoms with Gasteiger partial charge in [0.05, 0.1) is 13.2 Å². The molecular formula is C15H21FN2O2. The summed E-state index contributed by atoms with van der Waals surface area (Å²) < 4.78 is 19.1. The molecule has 0 bridgehead atoms. The molecule has 1 saturated carbocycles. The van der Waals surface area contributed by atoms with E-state index in [-0.39, 0.29) is 24.9 Å². The molecule has 0 atom stereocenters. The molecule has 5 heteroatoms. The lowest BCUT2D eigenvalue weighted by atomic mass is 10.1. The molecule has 20 heavy (non-hydrogen) atoms. The van der Waals surface area contributed by atoms with Gasteiger partial charge < -0.3 is 10.5 Å². The van der Waals surface area contributed by atoms with Crippen molar-refractivity contribution in [1.29, 1.82) is 0 Å². The molecule has 1 aliphatic rings. The first-order valence-electron chi connectivity index (χ1n) is 7.01. The Kier molecular flexibility index (Phi) is 5.09. The fraction of sp³-hybridized carbons (Fsp3) is 0.533. The van der Waals surface area contributed by atoms with Gasteiger partial charge in [0.1, 0.15) is 5.82 Å². The van der Waals surface area contributed by atoms with E-state index < -0.39 is 0 Å². The lowest BCUT2D eigenvalue weighted by Crippen LogP contribution is -2.33. The van der Waals surface area contributed by atoms with Crippen molar-refractivity contribution in [2.75, 3.05) is 13.2 Å². The van der Waals surface area contributed by atoms with Crippen LogP contribution in [0, 0.1) is 5.82 Å². The van der Waals surface area contributed by atoms with Gasteiger partial charge in [-0.2, -0.15) is 0 Å². The van der Waals surface area contributed by atoms with Crippen LogP contribution in [0.3, 0.4) is 0 Å². The maximum absolute atomic E-state index is 14.2. The molecule has 1 aromatic carbocycles. The third-order valence-electron chi connectivity index (χ3n) is 3.45. The minimum absolute atomic E-state index is 0.182. The van der Waals surface area contributed by atoms with Crippen LogP contribution in [-0.2, 0) is 22.6 Å². The molecular weight excluding hydrogens is 259 g/mol. The summed E-state index contributed by atoms with van der Waals surface area (Å²) in [5, 5.41) is 0. The smallest absolute Gasteiger partial charge is 0.320 e. The summed E-state index contributed by atoms with van der Waals surface area (Å²) in [5.74, 6) is -0.515. The maximum atomic E-state index is 14.2. The third kappa shape index (κ3) is 3.77. The second-order valence-corrected chi connectivity index (χ2v) is 5.04. The minimum atomic E-state index is -0.260. The van der Waals surface area contributed by atoms with Crippen molar-refractivity contribution in [2.24, 2.45) is 5.73 Å². The average molecular weight is 280 g/mol. The molecule has 0 aromatic heterocycles. The Morgan fingerprint density at radius 1 is 1.45 bits per heavy atom. The highest BCUT2D eigenvalue weighted by Gasteiger charge is 2.31. The fourth-order valence-electron chi connectivity index (χ4n) is 2.26. The number of carbonyl (C=O) groups excluding carboxylic acids is 1. The summed E-state index contributed by atoms with van der Waals surface area (Å²) in [5.41, 5.74) is 6.61. The zero-order valence-corrected chi connectivity index (χ0v) is 11.8. The predicted octanol–water partition coefficient (Wildman–Crippen LogP) is 1.81. The van der Waals surface area contributed by atoms with E-state index in [1.165, 1.54) is 0 Å². The van der Waals surface area contributed by atoms with Crippen LogP contribution in [0.1, 0.15) is 30.9 Å². The highest BCUT2D eigenvalue weighted by Crippen LogP contribution is 2.29. The topological polar surface area (TPSA) is 55.6 Å². The standard InChI is InChI=1S/C15H21FN2O2/c1-2-20-14(19)10-18(13-6-7-13)9-12-5-3-4-11(8-17)15(12)16/h3-5,13H,2,6-10,17H2,1H3. The van der Waals surface area contributed by atoms with Gasteiger partial charge in [-0.15, -0.1) is 0 Å². The SMILES string of the molecule is CCOC(=O)CN(Cc1cccc(CN)c1F)C1CC1. The van der Waals surface area contributed by atoms with E-state index in [1.54, 1.807) is 25.1 Å². The molecule has 0 saturated heterocycles. The molecule has 0 unspecified atom stereocenters. The molecule has 0 radical (unpaired) electrons. The van der Waals surface area contributed by atoms with Crippen LogP contribution >= 0.6 is 0 Å². The minimum Gasteiger partial charge on any atom is -0.465 e. The van der Waals surface area contributed by atoms with E-state index in [0.29, 0.717) is 30.3 Å². The van der Waals surface area contributed by atoms with Crippen molar-refractivity contribution >= 4 is 5.97 Å². The lowest BCUT2D eigenvalue weighted by molar-refractivity contribution is -0.144. The molecule has 1 aliphatic carbocycles. The van der Waals surface area contributed by atoms with Gasteiger partial charge in [-0.3, -0.25) is 9.69 Å². The van der Waals surface area contributed by atoms with Crippen LogP contribution in [0.4, 0.5) is 4.39 Å². The summed E-state index contributed by atoms with van der Waals surface area (Å²) in [6.07, 6.45) is 2.11. The zero-order chi connectivity index (χ0) is 14.5. The molecule has 1 fully saturated rings. The number of halogens is 1. The second-order valence-electron chi connectivity index (χ2n) is 5.04. The molecule has 2 rings (SSSR count). The van der Waals surface area contributed by atoms with Crippen LogP contribution < -0.4 is 5.73 Å². The summed E-state index contributed by atoms with van der Waals surface area (Å²) in [4.78, 5) is 13.6. The largest absolute Gasteiger partial charge is 0.465 e. The number of nitrogens with two attached hydrogens (primary N) is 1. The van der Waals surface area contributed by atoms with Crippen molar-refractivity contribution in [3.8, 4) is 0 Å². The van der Waals surface area contributed by atoms with E-state index >= 15 is 0 Å². The van der Waals surface area contributed by atoms with E-state index in [4.69, 9.17) is 10.5 Å². The van der Waals surface area contributed by atoms with Crippen LogP contribution in [0.15, 0.2) is 18.2 Å². The lowest BCUT2D eigenvalue weighted by Gasteiger charge is -2.21. The van der Waals surface area contributed by atoms with Crippen LogP contribution in [0.5, 0.6) is 0 Å². The molecule has 0 amide bonds. The van der Waals surface area contributed by atoms with Gasteiger partial charge in [-0.05, 0) is 19.8 Å². The number of hydrogen-bond donors (Lipinski definition) is 1. The van der Waals surface area contributed by atoms with E-state index in [1.807, 2.05) is 4.90 Å². The highest BCUT2D eigenvalue weighted by molar-refractivity contribution is 5.71. The summed E-state index contributed by atoms with van der Waals surface area (Å²) in [6, 6.07) is 5.59.